The zero-order chi connectivity index (χ0) is 17.7. The lowest BCUT2D eigenvalue weighted by atomic mass is 10.1. The minimum Gasteiger partial charge on any atom is -0.325 e. The summed E-state index contributed by atoms with van der Waals surface area (Å²) in [6.45, 7) is 1.56. The van der Waals surface area contributed by atoms with Crippen LogP contribution in [-0.4, -0.2) is 27.1 Å². The molecule has 24 heavy (non-hydrogen) atoms. The Kier molecular flexibility index (Phi) is 5.56. The van der Waals surface area contributed by atoms with Crippen molar-refractivity contribution in [1.29, 1.82) is 0 Å². The molecule has 0 fully saturated rings. The van der Waals surface area contributed by atoms with Gasteiger partial charge in [-0.2, -0.15) is 0 Å². The second-order valence-electron chi connectivity index (χ2n) is 5.31. The highest BCUT2D eigenvalue weighted by molar-refractivity contribution is 7.92. The monoisotopic (exact) mass is 350 g/mol. The van der Waals surface area contributed by atoms with Crippen molar-refractivity contribution < 1.29 is 17.6 Å². The molecule has 0 aliphatic rings. The highest BCUT2D eigenvalue weighted by Crippen LogP contribution is 2.23. The van der Waals surface area contributed by atoms with Gasteiger partial charge in [0, 0.05) is 5.69 Å². The number of anilines is 2. The van der Waals surface area contributed by atoms with E-state index in [0.29, 0.717) is 17.8 Å². The van der Waals surface area contributed by atoms with Gasteiger partial charge in [0.25, 0.3) is 0 Å². The molecule has 5 nitrogen and oxygen atoms in total. The number of benzene rings is 2. The predicted octanol–water partition coefficient (Wildman–Crippen LogP) is 2.79. The van der Waals surface area contributed by atoms with E-state index in [1.165, 1.54) is 24.3 Å². The van der Waals surface area contributed by atoms with Crippen LogP contribution in [0.1, 0.15) is 12.5 Å². The maximum absolute atomic E-state index is 12.9. The third-order valence-corrected chi connectivity index (χ3v) is 4.58. The van der Waals surface area contributed by atoms with E-state index in [4.69, 9.17) is 0 Å². The minimum atomic E-state index is -3.63. The number of carbonyl (C=O) groups is 1. The first-order valence-electron chi connectivity index (χ1n) is 7.42. The van der Waals surface area contributed by atoms with Gasteiger partial charge in [0.15, 0.2) is 0 Å². The molecule has 2 rings (SSSR count). The van der Waals surface area contributed by atoms with Gasteiger partial charge in [-0.3, -0.25) is 9.10 Å². The zero-order valence-electron chi connectivity index (χ0n) is 13.5. The summed E-state index contributed by atoms with van der Waals surface area (Å²) < 4.78 is 38.2. The predicted molar refractivity (Wildman–Crippen MR) is 93.0 cm³/mol. The molecular weight excluding hydrogens is 331 g/mol. The van der Waals surface area contributed by atoms with Gasteiger partial charge in [0.1, 0.15) is 12.4 Å². The molecule has 2 aromatic carbocycles. The third-order valence-electron chi connectivity index (χ3n) is 3.46. The van der Waals surface area contributed by atoms with E-state index in [1.807, 2.05) is 19.1 Å². The molecule has 0 saturated heterocycles. The topological polar surface area (TPSA) is 66.5 Å². The number of carbonyl (C=O) groups excluding carboxylic acids is 1. The van der Waals surface area contributed by atoms with Crippen LogP contribution >= 0.6 is 0 Å². The highest BCUT2D eigenvalue weighted by atomic mass is 32.2. The van der Waals surface area contributed by atoms with Crippen LogP contribution in [-0.2, 0) is 21.2 Å². The van der Waals surface area contributed by atoms with Crippen molar-refractivity contribution >= 4 is 27.3 Å². The molecule has 1 amide bonds. The maximum Gasteiger partial charge on any atom is 0.245 e. The normalized spacial score (nSPS) is 11.1. The number of rotatable bonds is 6. The number of nitrogens with zero attached hydrogens (tertiary/aromatic N) is 1. The second-order valence-corrected chi connectivity index (χ2v) is 7.21. The Morgan fingerprint density at radius 2 is 1.75 bits per heavy atom. The van der Waals surface area contributed by atoms with Crippen molar-refractivity contribution in [3.05, 3.63) is 59.9 Å². The summed E-state index contributed by atoms with van der Waals surface area (Å²) in [7, 11) is -3.63. The molecule has 128 valence electrons. The molecule has 0 spiro atoms. The molecule has 2 aromatic rings. The number of halogens is 1. The molecule has 0 heterocycles. The molecule has 1 N–H and O–H groups in total. The van der Waals surface area contributed by atoms with E-state index in [0.717, 1.165) is 16.1 Å². The van der Waals surface area contributed by atoms with Gasteiger partial charge in [-0.05, 0) is 42.3 Å². The number of sulfonamides is 1. The lowest BCUT2D eigenvalue weighted by Crippen LogP contribution is -2.38. The van der Waals surface area contributed by atoms with Gasteiger partial charge >= 0.3 is 0 Å². The average molecular weight is 350 g/mol. The first-order valence-corrected chi connectivity index (χ1v) is 9.27. The standard InChI is InChI=1S/C17H19FN2O3S/c1-3-13-6-4-5-7-16(13)20(24(2,22)23)12-17(21)19-15-10-8-14(18)9-11-15/h4-11H,3,12H2,1-2H3,(H,19,21). The minimum absolute atomic E-state index is 0.354. The number of hydrogen-bond acceptors (Lipinski definition) is 3. The number of hydrogen-bond donors (Lipinski definition) is 1. The molecule has 0 atom stereocenters. The Labute approximate surface area is 141 Å². The first-order chi connectivity index (χ1) is 11.3. The molecule has 0 aromatic heterocycles. The molecule has 0 bridgehead atoms. The van der Waals surface area contributed by atoms with Crippen molar-refractivity contribution in [2.75, 3.05) is 22.4 Å². The summed E-state index contributed by atoms with van der Waals surface area (Å²) in [5, 5.41) is 2.57. The molecule has 0 radical (unpaired) electrons. The van der Waals surface area contributed by atoms with E-state index < -0.39 is 21.7 Å². The van der Waals surface area contributed by atoms with Crippen LogP contribution in [0, 0.1) is 5.82 Å². The molecular formula is C17H19FN2O3S. The van der Waals surface area contributed by atoms with Crippen molar-refractivity contribution in [2.24, 2.45) is 0 Å². The molecule has 0 aliphatic heterocycles. The van der Waals surface area contributed by atoms with Crippen LogP contribution in [0.15, 0.2) is 48.5 Å². The van der Waals surface area contributed by atoms with Crippen molar-refractivity contribution in [3.8, 4) is 0 Å². The van der Waals surface area contributed by atoms with E-state index >= 15 is 0 Å². The number of amides is 1. The highest BCUT2D eigenvalue weighted by Gasteiger charge is 2.22. The average Bonchev–Trinajstić information content (AvgIpc) is 2.54. The van der Waals surface area contributed by atoms with E-state index in [2.05, 4.69) is 5.32 Å². The summed E-state index contributed by atoms with van der Waals surface area (Å²) in [5.41, 5.74) is 1.72. The van der Waals surface area contributed by atoms with Gasteiger partial charge in [-0.1, -0.05) is 25.1 Å². The van der Waals surface area contributed by atoms with E-state index in [-0.39, 0.29) is 6.54 Å². The molecule has 0 saturated carbocycles. The second kappa shape index (κ2) is 7.44. The SMILES string of the molecule is CCc1ccccc1N(CC(=O)Nc1ccc(F)cc1)S(C)(=O)=O. The van der Waals surface area contributed by atoms with Gasteiger partial charge < -0.3 is 5.32 Å². The Hall–Kier alpha value is -2.41. The van der Waals surface area contributed by atoms with E-state index in [9.17, 15) is 17.6 Å². The van der Waals surface area contributed by atoms with Crippen LogP contribution < -0.4 is 9.62 Å². The summed E-state index contributed by atoms with van der Waals surface area (Å²) in [4.78, 5) is 12.2. The molecule has 0 unspecified atom stereocenters. The van der Waals surface area contributed by atoms with Crippen LogP contribution in [0.5, 0.6) is 0 Å². The van der Waals surface area contributed by atoms with Crippen molar-refractivity contribution in [3.63, 3.8) is 0 Å². The van der Waals surface area contributed by atoms with Crippen LogP contribution in [0.4, 0.5) is 15.8 Å². The van der Waals surface area contributed by atoms with Crippen LogP contribution in [0.25, 0.3) is 0 Å². The van der Waals surface area contributed by atoms with Gasteiger partial charge in [-0.15, -0.1) is 0 Å². The smallest absolute Gasteiger partial charge is 0.245 e. The summed E-state index contributed by atoms with van der Waals surface area (Å²) >= 11 is 0. The zero-order valence-corrected chi connectivity index (χ0v) is 14.3. The fraction of sp³-hybridized carbons (Fsp3) is 0.235. The van der Waals surface area contributed by atoms with Crippen LogP contribution in [0.2, 0.25) is 0 Å². The van der Waals surface area contributed by atoms with Crippen LogP contribution in [0.3, 0.4) is 0 Å². The summed E-state index contributed by atoms with van der Waals surface area (Å²) in [6, 6.07) is 12.3. The largest absolute Gasteiger partial charge is 0.325 e. The quantitative estimate of drug-likeness (QED) is 0.871. The van der Waals surface area contributed by atoms with Crippen molar-refractivity contribution in [1.82, 2.24) is 0 Å². The van der Waals surface area contributed by atoms with Crippen molar-refractivity contribution in [2.45, 2.75) is 13.3 Å². The maximum atomic E-state index is 12.9. The van der Waals surface area contributed by atoms with Gasteiger partial charge in [0.05, 0.1) is 11.9 Å². The fourth-order valence-electron chi connectivity index (χ4n) is 2.30. The number of para-hydroxylation sites is 1. The lowest BCUT2D eigenvalue weighted by molar-refractivity contribution is -0.114. The summed E-state index contributed by atoms with van der Waals surface area (Å²) in [5.74, 6) is -0.916. The Balaban J connectivity index is 2.23. The number of nitrogens with one attached hydrogen (secondary N) is 1. The fourth-order valence-corrected chi connectivity index (χ4v) is 3.19. The van der Waals surface area contributed by atoms with Gasteiger partial charge in [0.2, 0.25) is 15.9 Å². The Morgan fingerprint density at radius 3 is 2.33 bits per heavy atom. The Morgan fingerprint density at radius 1 is 1.12 bits per heavy atom. The first kappa shape index (κ1) is 17.9. The third kappa shape index (κ3) is 4.55. The summed E-state index contributed by atoms with van der Waals surface area (Å²) in [6.07, 6.45) is 1.70. The Bertz CT molecular complexity index is 820. The van der Waals surface area contributed by atoms with E-state index in [1.54, 1.807) is 12.1 Å². The number of aryl methyl sites for hydroxylation is 1. The van der Waals surface area contributed by atoms with Gasteiger partial charge in [-0.25, -0.2) is 12.8 Å². The molecule has 0 aliphatic carbocycles. The lowest BCUT2D eigenvalue weighted by Gasteiger charge is -2.24. The molecule has 7 heteroatoms.